The molecule has 0 unspecified atom stereocenters. The predicted octanol–water partition coefficient (Wildman–Crippen LogP) is 7.22. The summed E-state index contributed by atoms with van der Waals surface area (Å²) >= 11 is 9.54. The molecule has 1 heterocycles. The van der Waals surface area contributed by atoms with E-state index in [-0.39, 0.29) is 5.91 Å². The van der Waals surface area contributed by atoms with Gasteiger partial charge in [-0.3, -0.25) is 9.69 Å². The first kappa shape index (κ1) is 20.9. The van der Waals surface area contributed by atoms with E-state index in [0.29, 0.717) is 22.3 Å². The molecule has 0 spiro atoms. The van der Waals surface area contributed by atoms with Gasteiger partial charge in [0.05, 0.1) is 16.8 Å². The van der Waals surface area contributed by atoms with E-state index in [9.17, 15) is 4.79 Å². The largest absolute Gasteiger partial charge is 0.279 e. The Hall–Kier alpha value is -2.34. The standard InChI is InChI=1S/C24H21ClN2OS2/c1-3-29-19-11-7-10-18(14-19)23(28)27(15-17-8-5-4-6-9-17)24-26-22-16(2)20(25)12-13-21(22)30-24/h4-14H,3,15H2,1-2H3. The van der Waals surface area contributed by atoms with Crippen molar-refractivity contribution in [3.05, 3.63) is 88.4 Å². The monoisotopic (exact) mass is 452 g/mol. The number of aromatic nitrogens is 1. The Morgan fingerprint density at radius 3 is 2.67 bits per heavy atom. The molecule has 3 nitrogen and oxygen atoms in total. The maximum Gasteiger partial charge on any atom is 0.260 e. The lowest BCUT2D eigenvalue weighted by atomic mass is 10.1. The number of fused-ring (bicyclic) bond motifs is 1. The minimum atomic E-state index is -0.0554. The molecule has 0 aliphatic heterocycles. The van der Waals surface area contributed by atoms with Gasteiger partial charge in [0, 0.05) is 15.5 Å². The van der Waals surface area contributed by atoms with Gasteiger partial charge in [-0.1, -0.05) is 66.3 Å². The Balaban J connectivity index is 1.77. The van der Waals surface area contributed by atoms with Crippen molar-refractivity contribution >= 4 is 56.0 Å². The fraction of sp³-hybridized carbons (Fsp3) is 0.167. The molecule has 3 aromatic carbocycles. The molecule has 4 aromatic rings. The number of hydrogen-bond acceptors (Lipinski definition) is 4. The smallest absolute Gasteiger partial charge is 0.260 e. The number of thioether (sulfide) groups is 1. The number of carbonyl (C=O) groups is 1. The summed E-state index contributed by atoms with van der Waals surface area (Å²) in [4.78, 5) is 21.3. The van der Waals surface area contributed by atoms with Gasteiger partial charge in [0.25, 0.3) is 5.91 Å². The van der Waals surface area contributed by atoms with E-state index in [1.54, 1.807) is 16.7 Å². The summed E-state index contributed by atoms with van der Waals surface area (Å²) in [6.45, 7) is 4.52. The molecule has 30 heavy (non-hydrogen) atoms. The van der Waals surface area contributed by atoms with Crippen LogP contribution in [-0.2, 0) is 6.54 Å². The van der Waals surface area contributed by atoms with Crippen LogP contribution >= 0.6 is 34.7 Å². The molecule has 0 atom stereocenters. The van der Waals surface area contributed by atoms with E-state index in [0.717, 1.165) is 32.0 Å². The van der Waals surface area contributed by atoms with Gasteiger partial charge in [-0.2, -0.15) is 0 Å². The highest BCUT2D eigenvalue weighted by atomic mass is 35.5. The molecule has 0 saturated carbocycles. The van der Waals surface area contributed by atoms with E-state index >= 15 is 0 Å². The molecule has 0 bridgehead atoms. The first-order chi connectivity index (χ1) is 14.6. The SMILES string of the molecule is CCSc1cccc(C(=O)N(Cc2ccccc2)c2nc3c(C)c(Cl)ccc3s2)c1. The fourth-order valence-corrected chi connectivity index (χ4v) is 5.13. The van der Waals surface area contributed by atoms with Crippen LogP contribution < -0.4 is 4.90 Å². The molecule has 4 rings (SSSR count). The second-order valence-corrected chi connectivity index (χ2v) is 9.61. The second kappa shape index (κ2) is 9.21. The molecule has 0 aliphatic rings. The Labute approximate surface area is 189 Å². The summed E-state index contributed by atoms with van der Waals surface area (Å²) < 4.78 is 1.02. The van der Waals surface area contributed by atoms with Crippen molar-refractivity contribution < 1.29 is 4.79 Å². The van der Waals surface area contributed by atoms with Crippen LogP contribution in [0.25, 0.3) is 10.2 Å². The molecule has 152 valence electrons. The first-order valence-corrected chi connectivity index (χ1v) is 11.9. The average molecular weight is 453 g/mol. The zero-order chi connectivity index (χ0) is 21.1. The topological polar surface area (TPSA) is 33.2 Å². The lowest BCUT2D eigenvalue weighted by Gasteiger charge is -2.20. The number of amides is 1. The summed E-state index contributed by atoms with van der Waals surface area (Å²) in [5.41, 5.74) is 3.51. The normalized spacial score (nSPS) is 11.0. The Kier molecular flexibility index (Phi) is 6.42. The van der Waals surface area contributed by atoms with Crippen molar-refractivity contribution in [2.45, 2.75) is 25.3 Å². The molecule has 1 amide bonds. The van der Waals surface area contributed by atoms with E-state index in [1.165, 1.54) is 11.3 Å². The maximum atomic E-state index is 13.6. The molecule has 0 fully saturated rings. The van der Waals surface area contributed by atoms with Crippen molar-refractivity contribution in [1.29, 1.82) is 0 Å². The fourth-order valence-electron chi connectivity index (χ4n) is 3.24. The van der Waals surface area contributed by atoms with E-state index in [1.807, 2.05) is 73.7 Å². The molecular formula is C24H21ClN2OS2. The first-order valence-electron chi connectivity index (χ1n) is 9.71. The third kappa shape index (κ3) is 4.38. The van der Waals surface area contributed by atoms with Crippen molar-refractivity contribution in [2.75, 3.05) is 10.7 Å². The number of halogens is 1. The zero-order valence-corrected chi connectivity index (χ0v) is 19.2. The molecule has 0 aliphatic carbocycles. The number of aryl methyl sites for hydroxylation is 1. The number of thiazole rings is 1. The van der Waals surface area contributed by atoms with Crippen LogP contribution in [0.2, 0.25) is 5.02 Å². The minimum Gasteiger partial charge on any atom is -0.279 e. The highest BCUT2D eigenvalue weighted by molar-refractivity contribution is 7.99. The van der Waals surface area contributed by atoms with Crippen molar-refractivity contribution in [3.63, 3.8) is 0 Å². The van der Waals surface area contributed by atoms with E-state index in [2.05, 4.69) is 6.92 Å². The van der Waals surface area contributed by atoms with Gasteiger partial charge in [0.15, 0.2) is 5.13 Å². The minimum absolute atomic E-state index is 0.0554. The summed E-state index contributed by atoms with van der Waals surface area (Å²) in [6.07, 6.45) is 0. The van der Waals surface area contributed by atoms with Crippen LogP contribution in [0.1, 0.15) is 28.4 Å². The van der Waals surface area contributed by atoms with Crippen LogP contribution in [0.5, 0.6) is 0 Å². The summed E-state index contributed by atoms with van der Waals surface area (Å²) in [7, 11) is 0. The van der Waals surface area contributed by atoms with Gasteiger partial charge in [0.2, 0.25) is 0 Å². The predicted molar refractivity (Wildman–Crippen MR) is 129 cm³/mol. The van der Waals surface area contributed by atoms with Gasteiger partial charge < -0.3 is 0 Å². The van der Waals surface area contributed by atoms with E-state index < -0.39 is 0 Å². The zero-order valence-electron chi connectivity index (χ0n) is 16.8. The van der Waals surface area contributed by atoms with Crippen LogP contribution in [0.4, 0.5) is 5.13 Å². The molecule has 0 N–H and O–H groups in total. The third-order valence-corrected chi connectivity index (χ3v) is 7.12. The second-order valence-electron chi connectivity index (χ2n) is 6.85. The highest BCUT2D eigenvalue weighted by Crippen LogP contribution is 2.35. The Bertz CT molecular complexity index is 1190. The number of carbonyl (C=O) groups excluding carboxylic acids is 1. The molecule has 0 saturated heterocycles. The van der Waals surface area contributed by atoms with Gasteiger partial charge >= 0.3 is 0 Å². The number of hydrogen-bond donors (Lipinski definition) is 0. The quantitative estimate of drug-likeness (QED) is 0.289. The Morgan fingerprint density at radius 2 is 1.90 bits per heavy atom. The van der Waals surface area contributed by atoms with Crippen LogP contribution in [0.15, 0.2) is 71.6 Å². The number of benzene rings is 3. The maximum absolute atomic E-state index is 13.6. The van der Waals surface area contributed by atoms with Crippen LogP contribution in [0.3, 0.4) is 0 Å². The lowest BCUT2D eigenvalue weighted by molar-refractivity contribution is 0.0985. The summed E-state index contributed by atoms with van der Waals surface area (Å²) in [6, 6.07) is 21.7. The third-order valence-electron chi connectivity index (χ3n) is 4.79. The summed E-state index contributed by atoms with van der Waals surface area (Å²) in [5.74, 6) is 0.906. The number of nitrogens with zero attached hydrogens (tertiary/aromatic N) is 2. The molecule has 6 heteroatoms. The van der Waals surface area contributed by atoms with Crippen molar-refractivity contribution in [3.8, 4) is 0 Å². The lowest BCUT2D eigenvalue weighted by Crippen LogP contribution is -2.30. The van der Waals surface area contributed by atoms with Gasteiger partial charge in [0.1, 0.15) is 0 Å². The molecule has 1 aromatic heterocycles. The molecular weight excluding hydrogens is 432 g/mol. The highest BCUT2D eigenvalue weighted by Gasteiger charge is 2.23. The number of rotatable bonds is 6. The van der Waals surface area contributed by atoms with Crippen molar-refractivity contribution in [1.82, 2.24) is 4.98 Å². The number of anilines is 1. The van der Waals surface area contributed by atoms with Crippen LogP contribution in [0, 0.1) is 6.92 Å². The van der Waals surface area contributed by atoms with Crippen LogP contribution in [-0.4, -0.2) is 16.6 Å². The van der Waals surface area contributed by atoms with E-state index in [4.69, 9.17) is 16.6 Å². The average Bonchev–Trinajstić information content (AvgIpc) is 3.20. The van der Waals surface area contributed by atoms with Crippen molar-refractivity contribution in [2.24, 2.45) is 0 Å². The van der Waals surface area contributed by atoms with Gasteiger partial charge in [-0.05, 0) is 54.1 Å². The van der Waals surface area contributed by atoms with Gasteiger partial charge in [-0.25, -0.2) is 4.98 Å². The Morgan fingerprint density at radius 1 is 1.10 bits per heavy atom. The molecule has 0 radical (unpaired) electrons. The summed E-state index contributed by atoms with van der Waals surface area (Å²) in [5, 5.41) is 1.36. The van der Waals surface area contributed by atoms with Gasteiger partial charge in [-0.15, -0.1) is 11.8 Å².